The summed E-state index contributed by atoms with van der Waals surface area (Å²) in [6.07, 6.45) is 1.50. The van der Waals surface area contributed by atoms with E-state index in [2.05, 4.69) is 15.4 Å². The largest absolute Gasteiger partial charge is 0.462 e. The van der Waals surface area contributed by atoms with Gasteiger partial charge in [-0.15, -0.1) is 11.3 Å². The number of nitrogens with one attached hydrogen (secondary N) is 1. The molecule has 0 radical (unpaired) electrons. The first kappa shape index (κ1) is 19.2. The Hall–Kier alpha value is -2.55. The molecule has 7 nitrogen and oxygen atoms in total. The minimum atomic E-state index is -0.419. The molecule has 3 aromatic rings. The average molecular weight is 386 g/mol. The van der Waals surface area contributed by atoms with Gasteiger partial charge < -0.3 is 15.2 Å². The second-order valence-electron chi connectivity index (χ2n) is 5.98. The minimum Gasteiger partial charge on any atom is -0.462 e. The molecule has 27 heavy (non-hydrogen) atoms. The maximum Gasteiger partial charge on any atom is 0.341 e. The third-order valence-electron chi connectivity index (χ3n) is 4.00. The van der Waals surface area contributed by atoms with Crippen molar-refractivity contribution >= 4 is 17.3 Å². The molecule has 0 unspecified atom stereocenters. The Labute approximate surface area is 161 Å². The number of hydrogen-bond acceptors (Lipinski definition) is 7. The van der Waals surface area contributed by atoms with Crippen molar-refractivity contribution in [3.63, 3.8) is 0 Å². The van der Waals surface area contributed by atoms with Gasteiger partial charge in [-0.25, -0.2) is 14.5 Å². The molecule has 1 atom stereocenters. The van der Waals surface area contributed by atoms with E-state index in [9.17, 15) is 9.90 Å². The van der Waals surface area contributed by atoms with Gasteiger partial charge in [0.1, 0.15) is 5.56 Å². The molecule has 1 aromatic carbocycles. The van der Waals surface area contributed by atoms with Crippen LogP contribution in [0.3, 0.4) is 0 Å². The summed E-state index contributed by atoms with van der Waals surface area (Å²) in [5, 5.41) is 19.4. The third kappa shape index (κ3) is 4.41. The number of esters is 1. The molecule has 0 fully saturated rings. The van der Waals surface area contributed by atoms with E-state index in [1.54, 1.807) is 11.6 Å². The number of rotatable bonds is 8. The van der Waals surface area contributed by atoms with E-state index >= 15 is 0 Å². The van der Waals surface area contributed by atoms with Crippen LogP contribution >= 0.6 is 11.3 Å². The van der Waals surface area contributed by atoms with Crippen LogP contribution in [0.4, 0.5) is 0 Å². The number of ether oxygens (including phenoxy) is 1. The molecule has 142 valence electrons. The molecule has 0 spiro atoms. The summed E-state index contributed by atoms with van der Waals surface area (Å²) in [5.41, 5.74) is 2.92. The van der Waals surface area contributed by atoms with Crippen LogP contribution in [0, 0.1) is 0 Å². The highest BCUT2D eigenvalue weighted by Gasteiger charge is 2.21. The Morgan fingerprint density at radius 2 is 2.15 bits per heavy atom. The van der Waals surface area contributed by atoms with E-state index in [1.807, 2.05) is 42.6 Å². The van der Waals surface area contributed by atoms with Gasteiger partial charge in [0.05, 0.1) is 30.8 Å². The van der Waals surface area contributed by atoms with Crippen LogP contribution in [0.2, 0.25) is 0 Å². The van der Waals surface area contributed by atoms with Crippen molar-refractivity contribution < 1.29 is 14.6 Å². The Bertz CT molecular complexity index is 892. The fourth-order valence-electron chi connectivity index (χ4n) is 2.53. The van der Waals surface area contributed by atoms with E-state index in [4.69, 9.17) is 4.74 Å². The molecule has 0 aliphatic rings. The van der Waals surface area contributed by atoms with Gasteiger partial charge in [-0.2, -0.15) is 5.10 Å². The lowest BCUT2D eigenvalue weighted by atomic mass is 10.2. The first-order chi connectivity index (χ1) is 13.1. The van der Waals surface area contributed by atoms with E-state index in [0.717, 1.165) is 11.3 Å². The van der Waals surface area contributed by atoms with Crippen molar-refractivity contribution in [2.24, 2.45) is 0 Å². The molecule has 2 aromatic heterocycles. The first-order valence-corrected chi connectivity index (χ1v) is 9.61. The Morgan fingerprint density at radius 1 is 1.37 bits per heavy atom. The number of aliphatic hydroxyl groups is 1. The molecule has 0 saturated carbocycles. The normalized spacial score (nSPS) is 12.1. The van der Waals surface area contributed by atoms with Gasteiger partial charge in [-0.3, -0.25) is 0 Å². The highest BCUT2D eigenvalue weighted by molar-refractivity contribution is 7.12. The van der Waals surface area contributed by atoms with E-state index in [0.29, 0.717) is 29.5 Å². The van der Waals surface area contributed by atoms with Gasteiger partial charge in [-0.1, -0.05) is 30.3 Å². The lowest BCUT2D eigenvalue weighted by Crippen LogP contribution is -2.30. The number of hydrogen-bond donors (Lipinski definition) is 2. The molecule has 0 bridgehead atoms. The number of carbonyl (C=O) groups excluding carboxylic acids is 1. The molecule has 3 rings (SSSR count). The first-order valence-electron chi connectivity index (χ1n) is 8.73. The fourth-order valence-corrected chi connectivity index (χ4v) is 3.34. The molecule has 0 saturated heterocycles. The van der Waals surface area contributed by atoms with Gasteiger partial charge in [0.2, 0.25) is 5.13 Å². The number of benzene rings is 1. The molecular formula is C19H22N4O3S. The molecule has 2 N–H and O–H groups in total. The SMILES string of the molecule is CCOC(=O)c1cnn(-c2nc(-c3ccccc3)cs2)c1CN[C@@H](C)CO. The predicted octanol–water partition coefficient (Wildman–Crippen LogP) is 2.64. The number of carbonyl (C=O) groups is 1. The zero-order valence-electron chi connectivity index (χ0n) is 15.3. The highest BCUT2D eigenvalue weighted by Crippen LogP contribution is 2.25. The van der Waals surface area contributed by atoms with Gasteiger partial charge in [0.25, 0.3) is 0 Å². The average Bonchev–Trinajstić information content (AvgIpc) is 3.33. The quantitative estimate of drug-likeness (QED) is 0.579. The topological polar surface area (TPSA) is 89.3 Å². The van der Waals surface area contributed by atoms with Crippen molar-refractivity contribution in [1.82, 2.24) is 20.1 Å². The molecule has 0 amide bonds. The van der Waals surface area contributed by atoms with Crippen LogP contribution in [0.5, 0.6) is 0 Å². The van der Waals surface area contributed by atoms with Crippen molar-refractivity contribution in [1.29, 1.82) is 0 Å². The minimum absolute atomic E-state index is 0.00170. The van der Waals surface area contributed by atoms with Crippen LogP contribution in [0.15, 0.2) is 41.9 Å². The zero-order valence-corrected chi connectivity index (χ0v) is 16.1. The van der Waals surface area contributed by atoms with E-state index < -0.39 is 5.97 Å². The molecule has 8 heteroatoms. The summed E-state index contributed by atoms with van der Waals surface area (Å²) >= 11 is 1.45. The van der Waals surface area contributed by atoms with Gasteiger partial charge in [0.15, 0.2) is 0 Å². The summed E-state index contributed by atoms with van der Waals surface area (Å²) in [5.74, 6) is -0.419. The van der Waals surface area contributed by atoms with Crippen LogP contribution in [0.1, 0.15) is 29.9 Å². The monoisotopic (exact) mass is 386 g/mol. The second kappa shape index (κ2) is 8.90. The van der Waals surface area contributed by atoms with Crippen molar-refractivity contribution in [2.75, 3.05) is 13.2 Å². The smallest absolute Gasteiger partial charge is 0.341 e. The predicted molar refractivity (Wildman–Crippen MR) is 104 cm³/mol. The zero-order chi connectivity index (χ0) is 19.2. The number of nitrogens with zero attached hydrogens (tertiary/aromatic N) is 3. The Morgan fingerprint density at radius 3 is 2.85 bits per heavy atom. The van der Waals surface area contributed by atoms with Crippen LogP contribution in [0.25, 0.3) is 16.4 Å². The summed E-state index contributed by atoms with van der Waals surface area (Å²) in [4.78, 5) is 16.9. The van der Waals surface area contributed by atoms with Crippen LogP contribution in [-0.4, -0.2) is 45.1 Å². The molecular weight excluding hydrogens is 364 g/mol. The fraction of sp³-hybridized carbons (Fsp3) is 0.316. The van der Waals surface area contributed by atoms with Gasteiger partial charge in [0, 0.05) is 23.5 Å². The summed E-state index contributed by atoms with van der Waals surface area (Å²) in [6.45, 7) is 4.27. The number of thiazole rings is 1. The van der Waals surface area contributed by atoms with E-state index in [-0.39, 0.29) is 12.6 Å². The molecule has 0 aliphatic carbocycles. The summed E-state index contributed by atoms with van der Waals surface area (Å²) in [6, 6.07) is 9.77. The van der Waals surface area contributed by atoms with E-state index in [1.165, 1.54) is 17.5 Å². The van der Waals surface area contributed by atoms with Crippen molar-refractivity contribution in [2.45, 2.75) is 26.4 Å². The lowest BCUT2D eigenvalue weighted by Gasteiger charge is -2.12. The standard InChI is InChI=1S/C19H22N4O3S/c1-3-26-18(25)15-9-21-23(17(15)10-20-13(2)11-24)19-22-16(12-27-19)14-7-5-4-6-8-14/h4-9,12-13,20,24H,3,10-11H2,1-2H3/t13-/m0/s1. The molecule has 2 heterocycles. The summed E-state index contributed by atoms with van der Waals surface area (Å²) in [7, 11) is 0. The molecule has 0 aliphatic heterocycles. The lowest BCUT2D eigenvalue weighted by molar-refractivity contribution is 0.0524. The summed E-state index contributed by atoms with van der Waals surface area (Å²) < 4.78 is 6.79. The number of aliphatic hydroxyl groups excluding tert-OH is 1. The second-order valence-corrected chi connectivity index (χ2v) is 6.82. The van der Waals surface area contributed by atoms with Crippen molar-refractivity contribution in [3.05, 3.63) is 53.2 Å². The highest BCUT2D eigenvalue weighted by atomic mass is 32.1. The Balaban J connectivity index is 1.94. The van der Waals surface area contributed by atoms with Gasteiger partial charge >= 0.3 is 5.97 Å². The Kier molecular flexibility index (Phi) is 6.33. The van der Waals surface area contributed by atoms with Crippen LogP contribution in [-0.2, 0) is 11.3 Å². The van der Waals surface area contributed by atoms with Crippen molar-refractivity contribution in [3.8, 4) is 16.4 Å². The number of aromatic nitrogens is 3. The maximum atomic E-state index is 12.3. The van der Waals surface area contributed by atoms with Gasteiger partial charge in [-0.05, 0) is 13.8 Å². The third-order valence-corrected chi connectivity index (χ3v) is 4.82. The maximum absolute atomic E-state index is 12.3. The van der Waals surface area contributed by atoms with Crippen LogP contribution < -0.4 is 5.32 Å².